The first-order valence-electron chi connectivity index (χ1n) is 10.3. The number of pyridine rings is 2. The number of amides is 1. The van der Waals surface area contributed by atoms with E-state index >= 15 is 4.39 Å². The lowest BCUT2D eigenvalue weighted by atomic mass is 9.89. The summed E-state index contributed by atoms with van der Waals surface area (Å²) in [6.07, 6.45) is 1.40. The van der Waals surface area contributed by atoms with E-state index in [2.05, 4.69) is 29.4 Å². The normalized spacial score (nSPS) is 27.5. The number of rotatable bonds is 5. The molecule has 9 nitrogen and oxygen atoms in total. The lowest BCUT2D eigenvalue weighted by Gasteiger charge is -2.44. The fourth-order valence-electron chi connectivity index (χ4n) is 4.21. The molecule has 0 aliphatic carbocycles. The second-order valence-electron chi connectivity index (χ2n) is 8.59. The summed E-state index contributed by atoms with van der Waals surface area (Å²) < 4.78 is 61.0. The quantitative estimate of drug-likeness (QED) is 0.654. The molecule has 13 heteroatoms. The first kappa shape index (κ1) is 23.9. The van der Waals surface area contributed by atoms with Crippen LogP contribution in [-0.4, -0.2) is 49.1 Å². The highest BCUT2D eigenvalue weighted by molar-refractivity contribution is 7.96. The molecule has 4 heterocycles. The molecule has 4 rings (SSSR count). The number of aromatic nitrogens is 2. The molecule has 2 aromatic rings. The Morgan fingerprint density at radius 3 is 2.65 bits per heavy atom. The van der Waals surface area contributed by atoms with Crippen molar-refractivity contribution in [3.63, 3.8) is 0 Å². The van der Waals surface area contributed by atoms with Gasteiger partial charge in [0, 0.05) is 6.54 Å². The number of nitrogens with zero attached hydrogens (tertiary/aromatic N) is 4. The summed E-state index contributed by atoms with van der Waals surface area (Å²) in [5, 5.41) is 1.87. The standard InChI is InChI=1S/C21H23F3N6O3S/c1-20(2)18(25)30-21(3,14-8-9-27-34(14,20)32)16-12(22)5-7-15(28-16)29-17(31)13-6-4-11(10-26-13)33-19(23)24/h4-7,10,14,19H,8-9H2,1-3H3,(H2,25,30)(H,28,29,31)/t14-,21-,34+/m0/s1. The van der Waals surface area contributed by atoms with Crippen LogP contribution in [0.4, 0.5) is 19.0 Å². The third-order valence-corrected chi connectivity index (χ3v) is 9.85. The number of aliphatic imine (C=N–C) groups is 1. The van der Waals surface area contributed by atoms with Gasteiger partial charge in [-0.15, -0.1) is 0 Å². The number of hydrogen-bond donors (Lipinski definition) is 2. The van der Waals surface area contributed by atoms with Gasteiger partial charge in [-0.1, -0.05) is 0 Å². The molecule has 2 aromatic heterocycles. The lowest BCUT2D eigenvalue weighted by Crippen LogP contribution is -2.58. The molecule has 1 amide bonds. The van der Waals surface area contributed by atoms with Gasteiger partial charge < -0.3 is 15.8 Å². The van der Waals surface area contributed by atoms with E-state index < -0.39 is 43.6 Å². The van der Waals surface area contributed by atoms with Crippen LogP contribution in [0.15, 0.2) is 39.8 Å². The average Bonchev–Trinajstić information content (AvgIpc) is 3.18. The van der Waals surface area contributed by atoms with Crippen molar-refractivity contribution in [1.82, 2.24) is 9.97 Å². The number of halogens is 3. The van der Waals surface area contributed by atoms with Gasteiger partial charge in [0.2, 0.25) is 0 Å². The van der Waals surface area contributed by atoms with E-state index in [1.54, 1.807) is 20.8 Å². The fraction of sp³-hybridized carbons (Fsp3) is 0.429. The Kier molecular flexibility index (Phi) is 5.78. The van der Waals surface area contributed by atoms with Crippen LogP contribution in [0.25, 0.3) is 0 Å². The molecule has 0 fully saturated rings. The molecule has 0 saturated heterocycles. The van der Waals surface area contributed by atoms with Gasteiger partial charge in [0.1, 0.15) is 44.9 Å². The molecule has 3 N–H and O–H groups in total. The van der Waals surface area contributed by atoms with E-state index in [1.807, 2.05) is 0 Å². The van der Waals surface area contributed by atoms with Crippen molar-refractivity contribution in [1.29, 1.82) is 0 Å². The third kappa shape index (κ3) is 3.77. The molecular weight excluding hydrogens is 473 g/mol. The van der Waals surface area contributed by atoms with Crippen molar-refractivity contribution < 1.29 is 26.9 Å². The topological polar surface area (TPSA) is 132 Å². The molecule has 0 unspecified atom stereocenters. The summed E-state index contributed by atoms with van der Waals surface area (Å²) >= 11 is 0. The third-order valence-electron chi connectivity index (χ3n) is 6.15. The van der Waals surface area contributed by atoms with Crippen molar-refractivity contribution in [2.75, 3.05) is 11.9 Å². The number of nitrogens with two attached hydrogens (primary N) is 1. The number of nitrogens with one attached hydrogen (secondary N) is 1. The summed E-state index contributed by atoms with van der Waals surface area (Å²) in [7, 11) is -2.89. The van der Waals surface area contributed by atoms with E-state index in [-0.39, 0.29) is 28.8 Å². The van der Waals surface area contributed by atoms with Gasteiger partial charge in [0.05, 0.1) is 21.2 Å². The predicted octanol–water partition coefficient (Wildman–Crippen LogP) is 3.07. The second-order valence-corrected chi connectivity index (χ2v) is 11.6. The number of carbonyl (C=O) groups excluding carboxylic acids is 1. The molecule has 3 atom stereocenters. The minimum atomic E-state index is -3.02. The number of fused-ring (bicyclic) bond motifs is 1. The smallest absolute Gasteiger partial charge is 0.387 e. The Bertz CT molecular complexity index is 1290. The summed E-state index contributed by atoms with van der Waals surface area (Å²) in [5.74, 6) is -1.52. The number of hydrogen-bond acceptors (Lipinski definition) is 8. The van der Waals surface area contributed by atoms with Gasteiger partial charge >= 0.3 is 6.61 Å². The molecule has 2 aliphatic rings. The summed E-state index contributed by atoms with van der Waals surface area (Å²) in [5.41, 5.74) is 4.60. The zero-order chi connectivity index (χ0) is 24.9. The van der Waals surface area contributed by atoms with Crippen molar-refractivity contribution in [3.05, 3.63) is 47.7 Å². The zero-order valence-electron chi connectivity index (χ0n) is 18.6. The van der Waals surface area contributed by atoms with Gasteiger partial charge in [0.25, 0.3) is 5.91 Å². The number of ether oxygens (including phenoxy) is 1. The van der Waals surface area contributed by atoms with E-state index in [9.17, 15) is 17.8 Å². The monoisotopic (exact) mass is 496 g/mol. The van der Waals surface area contributed by atoms with Crippen molar-refractivity contribution >= 4 is 27.3 Å². The van der Waals surface area contributed by atoms with Crippen LogP contribution in [0.1, 0.15) is 43.4 Å². The number of amidine groups is 1. The summed E-state index contributed by atoms with van der Waals surface area (Å²) in [6.45, 7) is 2.34. The molecule has 0 bridgehead atoms. The Hall–Kier alpha value is -3.22. The van der Waals surface area contributed by atoms with Crippen LogP contribution in [0.2, 0.25) is 0 Å². The van der Waals surface area contributed by atoms with E-state index in [4.69, 9.17) is 5.73 Å². The first-order chi connectivity index (χ1) is 15.9. The first-order valence-corrected chi connectivity index (χ1v) is 11.9. The van der Waals surface area contributed by atoms with Crippen LogP contribution < -0.4 is 15.8 Å². The highest BCUT2D eigenvalue weighted by Gasteiger charge is 2.57. The highest BCUT2D eigenvalue weighted by atomic mass is 32.2. The maximum Gasteiger partial charge on any atom is 0.387 e. The van der Waals surface area contributed by atoms with Crippen molar-refractivity contribution in [2.24, 2.45) is 15.1 Å². The maximum absolute atomic E-state index is 15.0. The molecule has 2 aliphatic heterocycles. The van der Waals surface area contributed by atoms with Crippen LogP contribution >= 0.6 is 0 Å². The van der Waals surface area contributed by atoms with E-state index in [0.717, 1.165) is 12.3 Å². The van der Waals surface area contributed by atoms with Crippen LogP contribution in [0, 0.1) is 5.82 Å². The summed E-state index contributed by atoms with van der Waals surface area (Å²) in [4.78, 5) is 25.2. The van der Waals surface area contributed by atoms with Crippen molar-refractivity contribution in [2.45, 2.75) is 49.3 Å². The Labute approximate surface area is 194 Å². The second kappa shape index (κ2) is 8.22. The molecule has 0 spiro atoms. The molecular formula is C21H23F3N6O3S. The Balaban J connectivity index is 1.67. The number of carbonyl (C=O) groups is 1. The van der Waals surface area contributed by atoms with Gasteiger partial charge in [-0.2, -0.15) is 8.78 Å². The Morgan fingerprint density at radius 2 is 2.00 bits per heavy atom. The maximum atomic E-state index is 15.0. The summed E-state index contributed by atoms with van der Waals surface area (Å²) in [6, 6.07) is 4.74. The van der Waals surface area contributed by atoms with Gasteiger partial charge in [-0.05, 0) is 51.5 Å². The molecule has 0 radical (unpaired) electrons. The number of alkyl halides is 2. The fourth-order valence-corrected chi connectivity index (χ4v) is 7.36. The average molecular weight is 497 g/mol. The number of anilines is 1. The molecule has 182 valence electrons. The van der Waals surface area contributed by atoms with Gasteiger partial charge in [0.15, 0.2) is 0 Å². The predicted molar refractivity (Wildman–Crippen MR) is 120 cm³/mol. The van der Waals surface area contributed by atoms with E-state index in [1.165, 1.54) is 18.2 Å². The minimum Gasteiger partial charge on any atom is -0.433 e. The lowest BCUT2D eigenvalue weighted by molar-refractivity contribution is -0.0500. The highest BCUT2D eigenvalue weighted by Crippen LogP contribution is 2.47. The van der Waals surface area contributed by atoms with Crippen LogP contribution in [-0.2, 0) is 15.3 Å². The molecule has 0 saturated carbocycles. The largest absolute Gasteiger partial charge is 0.433 e. The van der Waals surface area contributed by atoms with E-state index in [0.29, 0.717) is 13.0 Å². The van der Waals surface area contributed by atoms with Gasteiger partial charge in [-0.3, -0.25) is 9.79 Å². The van der Waals surface area contributed by atoms with Crippen molar-refractivity contribution in [3.8, 4) is 5.75 Å². The Morgan fingerprint density at radius 1 is 1.26 bits per heavy atom. The molecule has 34 heavy (non-hydrogen) atoms. The minimum absolute atomic E-state index is 0.00243. The van der Waals surface area contributed by atoms with Crippen LogP contribution in [0.3, 0.4) is 0 Å². The molecule has 0 aromatic carbocycles. The van der Waals surface area contributed by atoms with Crippen LogP contribution in [0.5, 0.6) is 5.75 Å². The van der Waals surface area contributed by atoms with Gasteiger partial charge in [-0.25, -0.2) is 22.9 Å². The zero-order valence-corrected chi connectivity index (χ0v) is 19.4. The SMILES string of the molecule is CC1(C)C(N)=N[C@](C)(c2nc(NC(=O)c3ccc(OC(F)F)cn3)ccc2F)[C@@H]2CCN=[S@@]21=O.